The number of nitrogens with one attached hydrogen (secondary N) is 1. The van der Waals surface area contributed by atoms with Crippen molar-refractivity contribution in [3.05, 3.63) is 71.3 Å². The van der Waals surface area contributed by atoms with Gasteiger partial charge in [0.25, 0.3) is 5.91 Å². The molecule has 150 valence electrons. The van der Waals surface area contributed by atoms with E-state index in [-0.39, 0.29) is 41.4 Å². The van der Waals surface area contributed by atoms with Crippen molar-refractivity contribution in [2.45, 2.75) is 6.42 Å². The van der Waals surface area contributed by atoms with E-state index in [1.54, 1.807) is 48.5 Å². The number of anilines is 2. The number of allylic oxidation sites excluding steroid dienone is 2. The molecule has 2 saturated carbocycles. The van der Waals surface area contributed by atoms with Crippen LogP contribution in [-0.2, 0) is 9.59 Å². The zero-order valence-electron chi connectivity index (χ0n) is 16.0. The summed E-state index contributed by atoms with van der Waals surface area (Å²) in [7, 11) is 0. The van der Waals surface area contributed by atoms with Gasteiger partial charge in [0.1, 0.15) is 0 Å². The van der Waals surface area contributed by atoms with Gasteiger partial charge in [-0.05, 0) is 66.5 Å². The van der Waals surface area contributed by atoms with Gasteiger partial charge < -0.3 is 5.32 Å². The minimum Gasteiger partial charge on any atom is -0.322 e. The van der Waals surface area contributed by atoms with Crippen LogP contribution in [0.2, 0.25) is 5.02 Å². The van der Waals surface area contributed by atoms with E-state index in [4.69, 9.17) is 11.6 Å². The molecule has 1 heterocycles. The maximum absolute atomic E-state index is 13.3. The predicted octanol–water partition coefficient (Wildman–Crippen LogP) is 4.15. The maximum Gasteiger partial charge on any atom is 0.255 e. The zero-order chi connectivity index (χ0) is 20.6. The lowest BCUT2D eigenvalue weighted by Gasteiger charge is -2.37. The quantitative estimate of drug-likeness (QED) is 0.601. The average Bonchev–Trinajstić information content (AvgIpc) is 3.52. The normalized spacial score (nSPS) is 32.8. The van der Waals surface area contributed by atoms with Crippen LogP contribution >= 0.6 is 11.6 Å². The molecule has 0 spiro atoms. The summed E-state index contributed by atoms with van der Waals surface area (Å²) in [6.07, 6.45) is 5.45. The monoisotopic (exact) mass is 418 g/mol. The van der Waals surface area contributed by atoms with E-state index in [2.05, 4.69) is 17.5 Å². The molecule has 0 unspecified atom stereocenters. The molecule has 2 aromatic carbocycles. The molecular weight excluding hydrogens is 400 g/mol. The van der Waals surface area contributed by atoms with Gasteiger partial charge in [0.05, 0.1) is 17.5 Å². The third kappa shape index (κ3) is 2.51. The Morgan fingerprint density at radius 3 is 2.27 bits per heavy atom. The number of halogens is 1. The van der Waals surface area contributed by atoms with E-state index in [1.807, 2.05) is 0 Å². The molecule has 6 atom stereocenters. The molecule has 5 nitrogen and oxygen atoms in total. The van der Waals surface area contributed by atoms with Gasteiger partial charge in [0.2, 0.25) is 11.8 Å². The molecule has 1 aliphatic heterocycles. The molecule has 6 heteroatoms. The fourth-order valence-corrected chi connectivity index (χ4v) is 5.96. The summed E-state index contributed by atoms with van der Waals surface area (Å²) < 4.78 is 0. The fourth-order valence-electron chi connectivity index (χ4n) is 5.77. The first-order valence-corrected chi connectivity index (χ1v) is 10.6. The Bertz CT molecular complexity index is 1110. The summed E-state index contributed by atoms with van der Waals surface area (Å²) in [5, 5.41) is 3.33. The molecule has 7 rings (SSSR count). The summed E-state index contributed by atoms with van der Waals surface area (Å²) in [5.74, 6) is 0.422. The Balaban J connectivity index is 1.29. The summed E-state index contributed by atoms with van der Waals surface area (Å²) in [6, 6.07) is 13.6. The second kappa shape index (κ2) is 6.29. The second-order valence-corrected chi connectivity index (χ2v) is 9.12. The highest BCUT2D eigenvalue weighted by Crippen LogP contribution is 2.65. The van der Waals surface area contributed by atoms with Crippen LogP contribution in [-0.4, -0.2) is 17.7 Å². The Labute approximate surface area is 178 Å². The molecule has 1 saturated heterocycles. The van der Waals surface area contributed by atoms with E-state index >= 15 is 0 Å². The summed E-state index contributed by atoms with van der Waals surface area (Å²) in [5.41, 5.74) is 1.43. The number of nitrogens with zero attached hydrogens (tertiary/aromatic N) is 1. The van der Waals surface area contributed by atoms with E-state index in [9.17, 15) is 14.4 Å². The van der Waals surface area contributed by atoms with Crippen LogP contribution in [0.1, 0.15) is 16.8 Å². The van der Waals surface area contributed by atoms with Crippen LogP contribution in [0.4, 0.5) is 11.4 Å². The number of hydrogen-bond donors (Lipinski definition) is 1. The van der Waals surface area contributed by atoms with Crippen LogP contribution in [0.25, 0.3) is 0 Å². The van der Waals surface area contributed by atoms with Crippen molar-refractivity contribution in [3.8, 4) is 0 Å². The summed E-state index contributed by atoms with van der Waals surface area (Å²) >= 11 is 5.98. The smallest absolute Gasteiger partial charge is 0.255 e. The number of benzene rings is 2. The molecule has 3 fully saturated rings. The van der Waals surface area contributed by atoms with Crippen molar-refractivity contribution < 1.29 is 14.4 Å². The van der Waals surface area contributed by atoms with Gasteiger partial charge in [-0.15, -0.1) is 0 Å². The van der Waals surface area contributed by atoms with Crippen molar-refractivity contribution >= 4 is 40.7 Å². The van der Waals surface area contributed by atoms with Crippen LogP contribution in [0.15, 0.2) is 60.7 Å². The first-order chi connectivity index (χ1) is 14.5. The molecule has 5 aliphatic rings. The van der Waals surface area contributed by atoms with Crippen molar-refractivity contribution in [2.24, 2.45) is 35.5 Å². The Hall–Kier alpha value is -2.92. The first kappa shape index (κ1) is 17.9. The van der Waals surface area contributed by atoms with Crippen LogP contribution in [0.5, 0.6) is 0 Å². The highest BCUT2D eigenvalue weighted by molar-refractivity contribution is 6.31. The number of carbonyl (C=O) groups is 3. The highest BCUT2D eigenvalue weighted by atomic mass is 35.5. The van der Waals surface area contributed by atoms with Crippen LogP contribution in [0.3, 0.4) is 0 Å². The number of carbonyl (C=O) groups excluding carboxylic acids is 3. The fraction of sp³-hybridized carbons (Fsp3) is 0.292. The Morgan fingerprint density at radius 1 is 0.933 bits per heavy atom. The zero-order valence-corrected chi connectivity index (χ0v) is 16.8. The summed E-state index contributed by atoms with van der Waals surface area (Å²) in [4.78, 5) is 40.6. The summed E-state index contributed by atoms with van der Waals surface area (Å²) in [6.45, 7) is 0. The van der Waals surface area contributed by atoms with Crippen molar-refractivity contribution in [2.75, 3.05) is 10.2 Å². The third-order valence-electron chi connectivity index (χ3n) is 7.11. The average molecular weight is 419 g/mol. The third-order valence-corrected chi connectivity index (χ3v) is 7.35. The van der Waals surface area contributed by atoms with Crippen molar-refractivity contribution in [3.63, 3.8) is 0 Å². The van der Waals surface area contributed by atoms with E-state index in [0.717, 1.165) is 6.42 Å². The molecule has 0 radical (unpaired) electrons. The van der Waals surface area contributed by atoms with Gasteiger partial charge in [-0.1, -0.05) is 35.9 Å². The van der Waals surface area contributed by atoms with E-state index < -0.39 is 0 Å². The Kier molecular flexibility index (Phi) is 3.75. The SMILES string of the molecule is O=C(Nc1cccc(Cl)c1)c1cccc(N2C(=O)[C@H]3[C@@H]4C=C[C@H]([C@H]5C[C@H]45)[C@@H]3C2=O)c1. The molecule has 1 N–H and O–H groups in total. The number of amides is 3. The topological polar surface area (TPSA) is 66.5 Å². The predicted molar refractivity (Wildman–Crippen MR) is 113 cm³/mol. The minimum atomic E-state index is -0.321. The Morgan fingerprint density at radius 2 is 1.60 bits per heavy atom. The maximum atomic E-state index is 13.3. The molecule has 2 bridgehead atoms. The number of rotatable bonds is 3. The van der Waals surface area contributed by atoms with Gasteiger partial charge in [-0.2, -0.15) is 0 Å². The lowest BCUT2D eigenvalue weighted by Crippen LogP contribution is -2.40. The van der Waals surface area contributed by atoms with Crippen molar-refractivity contribution in [1.82, 2.24) is 0 Å². The van der Waals surface area contributed by atoms with Gasteiger partial charge in [-0.3, -0.25) is 14.4 Å². The van der Waals surface area contributed by atoms with Gasteiger partial charge in [0.15, 0.2) is 0 Å². The minimum absolute atomic E-state index is 0.123. The lowest BCUT2D eigenvalue weighted by molar-refractivity contribution is -0.124. The molecule has 3 amide bonds. The molecule has 2 aromatic rings. The van der Waals surface area contributed by atoms with Gasteiger partial charge >= 0.3 is 0 Å². The largest absolute Gasteiger partial charge is 0.322 e. The molecule has 0 aromatic heterocycles. The lowest BCUT2D eigenvalue weighted by atomic mass is 9.63. The highest BCUT2D eigenvalue weighted by Gasteiger charge is 2.67. The number of imide groups is 1. The standard InChI is InChI=1S/C24H19ClN2O3/c25-13-4-2-5-14(10-13)26-22(28)12-3-1-6-15(9-12)27-23(29)20-16-7-8-17(19-11-18(16)19)21(20)24(27)30/h1-10,16-21H,11H2,(H,26,28)/t16-,17-,18-,19-,20+,21+/m1/s1. The van der Waals surface area contributed by atoms with Crippen LogP contribution < -0.4 is 10.2 Å². The van der Waals surface area contributed by atoms with Crippen LogP contribution in [0, 0.1) is 35.5 Å². The van der Waals surface area contributed by atoms with E-state index in [0.29, 0.717) is 33.8 Å². The molecule has 4 aliphatic carbocycles. The molecular formula is C24H19ClN2O3. The number of hydrogen-bond acceptors (Lipinski definition) is 3. The molecule has 30 heavy (non-hydrogen) atoms. The van der Waals surface area contributed by atoms with Gasteiger partial charge in [-0.25, -0.2) is 4.90 Å². The van der Waals surface area contributed by atoms with Gasteiger partial charge in [0, 0.05) is 16.3 Å². The van der Waals surface area contributed by atoms with E-state index in [1.165, 1.54) is 4.90 Å². The first-order valence-electron chi connectivity index (χ1n) is 10.3. The second-order valence-electron chi connectivity index (χ2n) is 8.68. The van der Waals surface area contributed by atoms with Crippen molar-refractivity contribution in [1.29, 1.82) is 0 Å².